The second kappa shape index (κ2) is 4.80. The Morgan fingerprint density at radius 1 is 1.69 bits per heavy atom. The number of nitrogens with one attached hydrogen (secondary N) is 1. The number of halogens is 1. The van der Waals surface area contributed by atoms with E-state index >= 15 is 0 Å². The van der Waals surface area contributed by atoms with Crippen LogP contribution >= 0.6 is 11.6 Å². The first-order valence-electron chi connectivity index (χ1n) is 5.17. The van der Waals surface area contributed by atoms with Crippen molar-refractivity contribution in [1.29, 1.82) is 0 Å². The number of rotatable bonds is 2. The number of pyridine rings is 1. The van der Waals surface area contributed by atoms with Crippen LogP contribution in [0.2, 0.25) is 5.15 Å². The molecule has 0 bridgehead atoms. The van der Waals surface area contributed by atoms with Gasteiger partial charge in [-0.1, -0.05) is 11.6 Å². The molecule has 1 fully saturated rings. The molecule has 1 aliphatic heterocycles. The predicted octanol–water partition coefficient (Wildman–Crippen LogP) is 1.56. The fraction of sp³-hybridized carbons (Fsp3) is 0.455. The van der Waals surface area contributed by atoms with E-state index in [1.54, 1.807) is 6.07 Å². The molecule has 16 heavy (non-hydrogen) atoms. The summed E-state index contributed by atoms with van der Waals surface area (Å²) in [5.74, 6) is -0.114. The van der Waals surface area contributed by atoms with Crippen molar-refractivity contribution >= 4 is 17.5 Å². The minimum absolute atomic E-state index is 0.113. The Hall–Kier alpha value is -1.13. The number of hydrogen-bond acceptors (Lipinski definition) is 3. The highest BCUT2D eigenvalue weighted by atomic mass is 35.5. The van der Waals surface area contributed by atoms with Gasteiger partial charge < -0.3 is 10.1 Å². The molecule has 1 aliphatic rings. The van der Waals surface area contributed by atoms with E-state index in [1.165, 1.54) is 6.20 Å². The molecule has 1 N–H and O–H groups in total. The van der Waals surface area contributed by atoms with E-state index < -0.39 is 0 Å². The summed E-state index contributed by atoms with van der Waals surface area (Å²) in [7, 11) is 0. The highest BCUT2D eigenvalue weighted by Crippen LogP contribution is 2.13. The highest BCUT2D eigenvalue weighted by molar-refractivity contribution is 6.29. The fourth-order valence-electron chi connectivity index (χ4n) is 1.67. The molecule has 2 heterocycles. The maximum atomic E-state index is 11.9. The number of aryl methyl sites for hydroxylation is 1. The average molecular weight is 241 g/mol. The van der Waals surface area contributed by atoms with Gasteiger partial charge in [0.25, 0.3) is 5.91 Å². The average Bonchev–Trinajstić information content (AvgIpc) is 2.70. The molecule has 1 atom stereocenters. The molecule has 5 heteroatoms. The van der Waals surface area contributed by atoms with Crippen molar-refractivity contribution in [2.24, 2.45) is 0 Å². The van der Waals surface area contributed by atoms with Gasteiger partial charge in [0.15, 0.2) is 0 Å². The van der Waals surface area contributed by atoms with Crippen LogP contribution in [0.5, 0.6) is 0 Å². The van der Waals surface area contributed by atoms with Gasteiger partial charge in [0.2, 0.25) is 0 Å². The highest BCUT2D eigenvalue weighted by Gasteiger charge is 2.19. The summed E-state index contributed by atoms with van der Waals surface area (Å²) in [6, 6.07) is 1.80. The van der Waals surface area contributed by atoms with Crippen LogP contribution in [0.25, 0.3) is 0 Å². The Kier molecular flexibility index (Phi) is 3.41. The molecule has 1 aromatic heterocycles. The van der Waals surface area contributed by atoms with Crippen LogP contribution in [0.3, 0.4) is 0 Å². The van der Waals surface area contributed by atoms with Crippen molar-refractivity contribution in [3.8, 4) is 0 Å². The van der Waals surface area contributed by atoms with Crippen LogP contribution in [-0.2, 0) is 4.74 Å². The summed E-state index contributed by atoms with van der Waals surface area (Å²) in [6.07, 6.45) is 2.37. The lowest BCUT2D eigenvalue weighted by Crippen LogP contribution is -2.35. The van der Waals surface area contributed by atoms with Crippen molar-refractivity contribution < 1.29 is 9.53 Å². The number of carbonyl (C=O) groups excluding carboxylic acids is 1. The predicted molar refractivity (Wildman–Crippen MR) is 60.7 cm³/mol. The van der Waals surface area contributed by atoms with Crippen LogP contribution in [0.4, 0.5) is 0 Å². The van der Waals surface area contributed by atoms with Crippen molar-refractivity contribution in [2.45, 2.75) is 19.4 Å². The van der Waals surface area contributed by atoms with Crippen molar-refractivity contribution in [2.75, 3.05) is 13.2 Å². The zero-order valence-corrected chi connectivity index (χ0v) is 9.75. The molecular formula is C11H13ClN2O2. The summed E-state index contributed by atoms with van der Waals surface area (Å²) < 4.78 is 5.19. The normalized spacial score (nSPS) is 19.8. The van der Waals surface area contributed by atoms with Gasteiger partial charge in [-0.05, 0) is 25.0 Å². The molecule has 86 valence electrons. The van der Waals surface area contributed by atoms with E-state index in [0.29, 0.717) is 23.9 Å². The van der Waals surface area contributed by atoms with Crippen molar-refractivity contribution in [1.82, 2.24) is 10.3 Å². The molecule has 0 radical (unpaired) electrons. The van der Waals surface area contributed by atoms with E-state index in [0.717, 1.165) is 12.0 Å². The van der Waals surface area contributed by atoms with Gasteiger partial charge in [-0.3, -0.25) is 4.79 Å². The van der Waals surface area contributed by atoms with E-state index in [2.05, 4.69) is 10.3 Å². The van der Waals surface area contributed by atoms with E-state index in [4.69, 9.17) is 16.3 Å². The molecule has 0 saturated carbocycles. The maximum Gasteiger partial charge on any atom is 0.253 e. The first-order chi connectivity index (χ1) is 7.66. The maximum absolute atomic E-state index is 11.9. The third kappa shape index (κ3) is 2.51. The van der Waals surface area contributed by atoms with Gasteiger partial charge in [0.05, 0.1) is 18.2 Å². The third-order valence-corrected chi connectivity index (χ3v) is 2.79. The first-order valence-corrected chi connectivity index (χ1v) is 5.55. The lowest BCUT2D eigenvalue weighted by molar-refractivity contribution is 0.0929. The third-order valence-electron chi connectivity index (χ3n) is 2.59. The second-order valence-electron chi connectivity index (χ2n) is 3.86. The van der Waals surface area contributed by atoms with Gasteiger partial charge in [0.1, 0.15) is 5.15 Å². The summed E-state index contributed by atoms with van der Waals surface area (Å²) >= 11 is 5.73. The van der Waals surface area contributed by atoms with Crippen LogP contribution < -0.4 is 5.32 Å². The van der Waals surface area contributed by atoms with Crippen LogP contribution in [-0.4, -0.2) is 30.1 Å². The van der Waals surface area contributed by atoms with Gasteiger partial charge in [-0.15, -0.1) is 0 Å². The molecule has 2 rings (SSSR count). The van der Waals surface area contributed by atoms with Crippen LogP contribution in [0, 0.1) is 6.92 Å². The van der Waals surface area contributed by atoms with E-state index in [9.17, 15) is 4.79 Å². The topological polar surface area (TPSA) is 51.2 Å². The van der Waals surface area contributed by atoms with Gasteiger partial charge in [0, 0.05) is 12.8 Å². The molecule has 0 unspecified atom stereocenters. The number of aromatic nitrogens is 1. The summed E-state index contributed by atoms with van der Waals surface area (Å²) in [6.45, 7) is 3.14. The van der Waals surface area contributed by atoms with Gasteiger partial charge in [-0.2, -0.15) is 0 Å². The van der Waals surface area contributed by atoms with Crippen LogP contribution in [0.15, 0.2) is 12.3 Å². The van der Waals surface area contributed by atoms with Crippen molar-refractivity contribution in [3.63, 3.8) is 0 Å². The molecule has 0 spiro atoms. The monoisotopic (exact) mass is 240 g/mol. The van der Waals surface area contributed by atoms with E-state index in [-0.39, 0.29) is 11.9 Å². The van der Waals surface area contributed by atoms with Crippen molar-refractivity contribution in [3.05, 3.63) is 28.5 Å². The molecule has 1 saturated heterocycles. The molecule has 0 aromatic carbocycles. The van der Waals surface area contributed by atoms with Gasteiger partial charge in [-0.25, -0.2) is 4.98 Å². The van der Waals surface area contributed by atoms with Crippen LogP contribution in [0.1, 0.15) is 22.3 Å². The quantitative estimate of drug-likeness (QED) is 0.799. The Morgan fingerprint density at radius 2 is 2.50 bits per heavy atom. The summed E-state index contributed by atoms with van der Waals surface area (Å²) in [5.41, 5.74) is 1.40. The number of amides is 1. The number of nitrogens with zero attached hydrogens (tertiary/aromatic N) is 1. The molecule has 1 aromatic rings. The zero-order valence-electron chi connectivity index (χ0n) is 9.00. The minimum atomic E-state index is -0.114. The zero-order chi connectivity index (χ0) is 11.5. The lowest BCUT2D eigenvalue weighted by Gasteiger charge is -2.11. The smallest absolute Gasteiger partial charge is 0.253 e. The molecular weight excluding hydrogens is 228 g/mol. The minimum Gasteiger partial charge on any atom is -0.379 e. The number of carbonyl (C=O) groups is 1. The molecule has 1 amide bonds. The Morgan fingerprint density at radius 3 is 3.12 bits per heavy atom. The summed E-state index contributed by atoms with van der Waals surface area (Å²) in [5, 5.41) is 3.31. The largest absolute Gasteiger partial charge is 0.379 e. The van der Waals surface area contributed by atoms with Gasteiger partial charge >= 0.3 is 0 Å². The SMILES string of the molecule is Cc1cc(Cl)ncc1C(=O)N[C@H]1CCOC1. The second-order valence-corrected chi connectivity index (χ2v) is 4.24. The fourth-order valence-corrected chi connectivity index (χ4v) is 1.88. The Bertz CT molecular complexity index is 403. The van der Waals surface area contributed by atoms with E-state index in [1.807, 2.05) is 6.92 Å². The molecule has 4 nitrogen and oxygen atoms in total. The Balaban J connectivity index is 2.08. The standard InChI is InChI=1S/C11H13ClN2O2/c1-7-4-10(12)13-5-9(7)11(15)14-8-2-3-16-6-8/h4-5,8H,2-3,6H2,1H3,(H,14,15)/t8-/m0/s1. The number of ether oxygens (including phenoxy) is 1. The molecule has 0 aliphatic carbocycles. The number of hydrogen-bond donors (Lipinski definition) is 1. The lowest BCUT2D eigenvalue weighted by atomic mass is 10.1. The summed E-state index contributed by atoms with van der Waals surface area (Å²) in [4.78, 5) is 15.8. The first kappa shape index (κ1) is 11.4. The Labute approximate surface area is 99.0 Å².